The Hall–Kier alpha value is -0.710. The molecule has 1 rings (SSSR count). The molecule has 0 radical (unpaired) electrons. The standard InChI is InChI=1S/C8H13F2NO2/c1-2-13-7(12)8(11)3-5(9)6(10)4-8/h5-6H,2-4,11H2,1H3/t5-,6+,8?. The third kappa shape index (κ3) is 1.96. The van der Waals surface area contributed by atoms with Crippen LogP contribution in [0.4, 0.5) is 8.78 Å². The maximum atomic E-state index is 12.8. The van der Waals surface area contributed by atoms with Crippen molar-refractivity contribution in [1.29, 1.82) is 0 Å². The molecule has 1 fully saturated rings. The number of carbonyl (C=O) groups excluding carboxylic acids is 1. The van der Waals surface area contributed by atoms with E-state index in [0.29, 0.717) is 0 Å². The molecule has 2 N–H and O–H groups in total. The van der Waals surface area contributed by atoms with Crippen LogP contribution >= 0.6 is 0 Å². The number of hydrogen-bond acceptors (Lipinski definition) is 3. The Morgan fingerprint density at radius 2 is 2.00 bits per heavy atom. The lowest BCUT2D eigenvalue weighted by Gasteiger charge is -2.19. The van der Waals surface area contributed by atoms with Crippen LogP contribution in [0.2, 0.25) is 0 Å². The zero-order chi connectivity index (χ0) is 10.1. The molecule has 0 aliphatic heterocycles. The number of rotatable bonds is 2. The van der Waals surface area contributed by atoms with Gasteiger partial charge in [-0.3, -0.25) is 4.79 Å². The molecule has 1 unspecified atom stereocenters. The summed E-state index contributed by atoms with van der Waals surface area (Å²) in [6.07, 6.45) is -3.86. The van der Waals surface area contributed by atoms with Crippen LogP contribution in [-0.2, 0) is 9.53 Å². The van der Waals surface area contributed by atoms with Crippen molar-refractivity contribution < 1.29 is 18.3 Å². The minimum Gasteiger partial charge on any atom is -0.465 e. The Morgan fingerprint density at radius 3 is 2.38 bits per heavy atom. The van der Waals surface area contributed by atoms with Crippen molar-refractivity contribution in [2.45, 2.75) is 37.6 Å². The number of ether oxygens (including phenoxy) is 1. The van der Waals surface area contributed by atoms with E-state index in [1.807, 2.05) is 0 Å². The molecule has 3 atom stereocenters. The highest BCUT2D eigenvalue weighted by molar-refractivity contribution is 5.81. The lowest BCUT2D eigenvalue weighted by atomic mass is 10.00. The van der Waals surface area contributed by atoms with Crippen LogP contribution in [0.1, 0.15) is 19.8 Å². The maximum absolute atomic E-state index is 12.8. The van der Waals surface area contributed by atoms with Crippen molar-refractivity contribution in [1.82, 2.24) is 0 Å². The molecule has 0 aromatic rings. The van der Waals surface area contributed by atoms with Crippen molar-refractivity contribution in [2.75, 3.05) is 6.61 Å². The minimum absolute atomic E-state index is 0.172. The molecule has 0 aromatic carbocycles. The largest absolute Gasteiger partial charge is 0.465 e. The molecule has 1 aliphatic rings. The Labute approximate surface area is 75.2 Å². The first kappa shape index (κ1) is 10.4. The molecule has 76 valence electrons. The zero-order valence-electron chi connectivity index (χ0n) is 7.43. The normalized spacial score (nSPS) is 39.1. The van der Waals surface area contributed by atoms with E-state index in [4.69, 9.17) is 5.73 Å². The lowest BCUT2D eigenvalue weighted by molar-refractivity contribution is -0.149. The smallest absolute Gasteiger partial charge is 0.326 e. The molecule has 0 aromatic heterocycles. The fraction of sp³-hybridized carbons (Fsp3) is 0.875. The van der Waals surface area contributed by atoms with E-state index in [2.05, 4.69) is 4.74 Å². The molecular weight excluding hydrogens is 180 g/mol. The van der Waals surface area contributed by atoms with Crippen LogP contribution in [0.3, 0.4) is 0 Å². The quantitative estimate of drug-likeness (QED) is 0.657. The summed E-state index contributed by atoms with van der Waals surface area (Å²) in [7, 11) is 0. The molecule has 0 heterocycles. The van der Waals surface area contributed by atoms with Gasteiger partial charge >= 0.3 is 5.97 Å². The van der Waals surface area contributed by atoms with Gasteiger partial charge in [-0.1, -0.05) is 0 Å². The minimum atomic E-state index is -1.64. The van der Waals surface area contributed by atoms with E-state index in [1.54, 1.807) is 6.92 Å². The first-order chi connectivity index (χ1) is 5.99. The lowest BCUT2D eigenvalue weighted by Crippen LogP contribution is -2.47. The van der Waals surface area contributed by atoms with Gasteiger partial charge in [0.05, 0.1) is 6.61 Å². The number of nitrogens with two attached hydrogens (primary N) is 1. The molecule has 0 saturated heterocycles. The molecule has 1 aliphatic carbocycles. The molecule has 0 bridgehead atoms. The number of hydrogen-bond donors (Lipinski definition) is 1. The van der Waals surface area contributed by atoms with Gasteiger partial charge in [-0.05, 0) is 6.92 Å². The maximum Gasteiger partial charge on any atom is 0.326 e. The molecule has 13 heavy (non-hydrogen) atoms. The molecule has 1 saturated carbocycles. The van der Waals surface area contributed by atoms with E-state index >= 15 is 0 Å². The summed E-state index contributed by atoms with van der Waals surface area (Å²) in [5.74, 6) is -0.710. The average Bonchev–Trinajstić information content (AvgIpc) is 2.28. The van der Waals surface area contributed by atoms with Crippen LogP contribution in [0, 0.1) is 0 Å². The second kappa shape index (κ2) is 3.57. The number of halogens is 2. The van der Waals surface area contributed by atoms with Crippen molar-refractivity contribution in [3.05, 3.63) is 0 Å². The highest BCUT2D eigenvalue weighted by Crippen LogP contribution is 2.33. The molecular formula is C8H13F2NO2. The Balaban J connectivity index is 2.63. The van der Waals surface area contributed by atoms with Crippen molar-refractivity contribution in [3.8, 4) is 0 Å². The van der Waals surface area contributed by atoms with Crippen LogP contribution in [0.15, 0.2) is 0 Å². The van der Waals surface area contributed by atoms with Crippen LogP contribution < -0.4 is 5.73 Å². The van der Waals surface area contributed by atoms with Gasteiger partial charge in [-0.25, -0.2) is 8.78 Å². The summed E-state index contributed by atoms with van der Waals surface area (Å²) in [5.41, 5.74) is 4.05. The van der Waals surface area contributed by atoms with E-state index in [-0.39, 0.29) is 19.4 Å². The Morgan fingerprint density at radius 1 is 1.54 bits per heavy atom. The van der Waals surface area contributed by atoms with E-state index in [1.165, 1.54) is 0 Å². The molecule has 3 nitrogen and oxygen atoms in total. The van der Waals surface area contributed by atoms with E-state index in [9.17, 15) is 13.6 Å². The Bertz CT molecular complexity index is 200. The molecule has 0 amide bonds. The van der Waals surface area contributed by atoms with E-state index in [0.717, 1.165) is 0 Å². The van der Waals surface area contributed by atoms with Crippen LogP contribution in [-0.4, -0.2) is 30.5 Å². The predicted octanol–water partition coefficient (Wildman–Crippen LogP) is 0.717. The number of alkyl halides is 2. The topological polar surface area (TPSA) is 52.3 Å². The number of esters is 1. The molecule has 0 spiro atoms. The second-order valence-corrected chi connectivity index (χ2v) is 3.32. The van der Waals surface area contributed by atoms with E-state index < -0.39 is 23.9 Å². The monoisotopic (exact) mass is 193 g/mol. The molecule has 5 heteroatoms. The predicted molar refractivity (Wildman–Crippen MR) is 42.6 cm³/mol. The first-order valence-corrected chi connectivity index (χ1v) is 4.24. The third-order valence-electron chi connectivity index (χ3n) is 2.19. The zero-order valence-corrected chi connectivity index (χ0v) is 7.43. The van der Waals surface area contributed by atoms with Crippen molar-refractivity contribution in [2.24, 2.45) is 5.73 Å². The van der Waals surface area contributed by atoms with Gasteiger partial charge in [0.25, 0.3) is 0 Å². The second-order valence-electron chi connectivity index (χ2n) is 3.32. The van der Waals surface area contributed by atoms with Crippen LogP contribution in [0.5, 0.6) is 0 Å². The summed E-state index contributed by atoms with van der Waals surface area (Å²) in [6.45, 7) is 1.79. The SMILES string of the molecule is CCOC(=O)C1(N)C[C@@H](F)[C@@H](F)C1. The van der Waals surface area contributed by atoms with Gasteiger partial charge in [0, 0.05) is 12.8 Å². The summed E-state index contributed by atoms with van der Waals surface area (Å²) < 4.78 is 30.1. The Kier molecular flexibility index (Phi) is 2.85. The summed E-state index contributed by atoms with van der Waals surface area (Å²) in [5, 5.41) is 0. The third-order valence-corrected chi connectivity index (χ3v) is 2.19. The summed E-state index contributed by atoms with van der Waals surface area (Å²) in [6, 6.07) is 0. The fourth-order valence-corrected chi connectivity index (χ4v) is 1.48. The van der Waals surface area contributed by atoms with Gasteiger partial charge in [-0.2, -0.15) is 0 Å². The summed E-state index contributed by atoms with van der Waals surface area (Å²) in [4.78, 5) is 11.2. The van der Waals surface area contributed by atoms with Gasteiger partial charge in [0.1, 0.15) is 17.9 Å². The van der Waals surface area contributed by atoms with Crippen molar-refractivity contribution >= 4 is 5.97 Å². The van der Waals surface area contributed by atoms with Gasteiger partial charge < -0.3 is 10.5 Å². The first-order valence-electron chi connectivity index (χ1n) is 4.24. The highest BCUT2D eigenvalue weighted by Gasteiger charge is 2.49. The van der Waals surface area contributed by atoms with Crippen molar-refractivity contribution in [3.63, 3.8) is 0 Å². The number of carbonyl (C=O) groups is 1. The fourth-order valence-electron chi connectivity index (χ4n) is 1.48. The van der Waals surface area contributed by atoms with Gasteiger partial charge in [-0.15, -0.1) is 0 Å². The van der Waals surface area contributed by atoms with Crippen LogP contribution in [0.25, 0.3) is 0 Å². The van der Waals surface area contributed by atoms with Gasteiger partial charge in [0.15, 0.2) is 0 Å². The highest BCUT2D eigenvalue weighted by atomic mass is 19.2. The van der Waals surface area contributed by atoms with Gasteiger partial charge in [0.2, 0.25) is 0 Å². The average molecular weight is 193 g/mol. The summed E-state index contributed by atoms with van der Waals surface area (Å²) >= 11 is 0.